The molecule has 0 fully saturated rings. The van der Waals surface area contributed by atoms with Crippen molar-refractivity contribution in [2.75, 3.05) is 13.2 Å². The van der Waals surface area contributed by atoms with Gasteiger partial charge in [0.25, 0.3) is 0 Å². The van der Waals surface area contributed by atoms with Crippen LogP contribution in [0.5, 0.6) is 0 Å². The van der Waals surface area contributed by atoms with Gasteiger partial charge in [-0.25, -0.2) is 0 Å². The molecule has 1 aromatic carbocycles. The summed E-state index contributed by atoms with van der Waals surface area (Å²) in [7, 11) is 0. The second kappa shape index (κ2) is 11.3. The minimum atomic E-state index is -3.25. The summed E-state index contributed by atoms with van der Waals surface area (Å²) in [5, 5.41) is 0. The molecule has 0 aliphatic rings. The maximum atomic E-state index is 13.8. The van der Waals surface area contributed by atoms with Gasteiger partial charge in [-0.3, -0.25) is 0 Å². The van der Waals surface area contributed by atoms with Crippen LogP contribution in [0.2, 0.25) is 0 Å². The summed E-state index contributed by atoms with van der Waals surface area (Å²) < 4.78 is 71.3. The molecule has 0 radical (unpaired) electrons. The van der Waals surface area contributed by atoms with Crippen molar-refractivity contribution in [1.82, 2.24) is 0 Å². The van der Waals surface area contributed by atoms with Crippen LogP contribution in [0.4, 0.5) is 17.6 Å². The molecule has 0 aliphatic heterocycles. The first-order valence-corrected chi connectivity index (χ1v) is 11.0. The first-order chi connectivity index (χ1) is 11.4. The number of benzene rings is 1. The molecule has 0 spiro atoms. The fourth-order valence-electron chi connectivity index (χ4n) is 1.77. The van der Waals surface area contributed by atoms with Gasteiger partial charge in [0, 0.05) is 0 Å². The van der Waals surface area contributed by atoms with E-state index in [2.05, 4.69) is 0 Å². The van der Waals surface area contributed by atoms with E-state index >= 15 is 0 Å². The van der Waals surface area contributed by atoms with Crippen molar-refractivity contribution in [2.45, 2.75) is 53.1 Å². The van der Waals surface area contributed by atoms with Gasteiger partial charge in [0.15, 0.2) is 0 Å². The molecule has 0 bridgehead atoms. The van der Waals surface area contributed by atoms with E-state index in [0.717, 1.165) is 32.6 Å². The Kier molecular flexibility index (Phi) is 10.3. The van der Waals surface area contributed by atoms with Crippen LogP contribution in [0.3, 0.4) is 0 Å². The average molecular weight is 431 g/mol. The van der Waals surface area contributed by atoms with Crippen molar-refractivity contribution in [1.29, 1.82) is 0 Å². The van der Waals surface area contributed by atoms with Crippen LogP contribution in [0, 0.1) is 30.2 Å². The third-order valence-corrected chi connectivity index (χ3v) is 6.44. The normalized spacial score (nSPS) is 11.1. The first kappa shape index (κ1) is 21.7. The molecule has 0 saturated heterocycles. The fraction of sp³-hybridized carbons (Fsp3) is 0.625. The molecule has 8 heteroatoms. The predicted octanol–water partition coefficient (Wildman–Crippen LogP) is 5.06. The van der Waals surface area contributed by atoms with E-state index in [1.54, 1.807) is 0 Å². The molecule has 0 unspecified atom stereocenters. The summed E-state index contributed by atoms with van der Waals surface area (Å²) in [5.74, 6) is -5.68. The van der Waals surface area contributed by atoms with Crippen molar-refractivity contribution >= 4 is 0 Å². The second-order valence-corrected chi connectivity index (χ2v) is 8.66. The van der Waals surface area contributed by atoms with E-state index in [1.807, 2.05) is 13.8 Å². The van der Waals surface area contributed by atoms with E-state index < -0.39 is 64.1 Å². The van der Waals surface area contributed by atoms with E-state index in [1.165, 1.54) is 0 Å². The standard InChI is InChI=1S/C8H5F4O.2C4H9O.Zr/c1-3-5(9)7(11)4(2-13)8(12)6(3)10;2*1-2-3-4-5;/h2H2,1H3;2*2-4H2,1H3;/q3*-1;+3. The van der Waals surface area contributed by atoms with E-state index in [4.69, 9.17) is 8.44 Å². The number of hydrogen-bond donors (Lipinski definition) is 0. The van der Waals surface area contributed by atoms with Gasteiger partial charge >= 0.3 is 150 Å². The zero-order valence-corrected chi connectivity index (χ0v) is 16.6. The second-order valence-electron chi connectivity index (χ2n) is 5.30. The average Bonchev–Trinajstić information content (AvgIpc) is 2.58. The van der Waals surface area contributed by atoms with Crippen LogP contribution in [0.25, 0.3) is 0 Å². The molecule has 0 N–H and O–H groups in total. The fourth-order valence-corrected chi connectivity index (χ4v) is 4.56. The van der Waals surface area contributed by atoms with Crippen molar-refractivity contribution in [3.05, 3.63) is 34.4 Å². The zero-order valence-electron chi connectivity index (χ0n) is 14.2. The summed E-state index contributed by atoms with van der Waals surface area (Å²) in [4.78, 5) is 0. The Hall–Kier alpha value is -0.297. The first-order valence-electron chi connectivity index (χ1n) is 8.00. The molecule has 0 amide bonds. The molecular weight excluding hydrogens is 407 g/mol. The topological polar surface area (TPSA) is 27.7 Å². The van der Waals surface area contributed by atoms with Crippen molar-refractivity contribution in [2.24, 2.45) is 0 Å². The summed E-state index contributed by atoms with van der Waals surface area (Å²) in [5.41, 5.74) is -1.46. The van der Waals surface area contributed by atoms with E-state index in [9.17, 15) is 17.6 Å². The monoisotopic (exact) mass is 429 g/mol. The Bertz CT molecular complexity index is 490. The van der Waals surface area contributed by atoms with Crippen LogP contribution >= 0.6 is 0 Å². The molecular formula is C16H23F4O3Zr. The van der Waals surface area contributed by atoms with Crippen LogP contribution < -0.4 is 0 Å². The molecule has 0 aromatic heterocycles. The van der Waals surface area contributed by atoms with Crippen LogP contribution in [-0.2, 0) is 38.1 Å². The molecule has 0 atom stereocenters. The summed E-state index contributed by atoms with van der Waals surface area (Å²) >= 11 is -3.25. The van der Waals surface area contributed by atoms with Gasteiger partial charge in [-0.05, 0) is 0 Å². The molecule has 0 heterocycles. The van der Waals surface area contributed by atoms with Gasteiger partial charge in [0.2, 0.25) is 0 Å². The molecule has 0 aliphatic carbocycles. The Morgan fingerprint density at radius 1 is 0.750 bits per heavy atom. The number of hydrogen-bond acceptors (Lipinski definition) is 3. The number of halogens is 4. The van der Waals surface area contributed by atoms with Gasteiger partial charge in [0.1, 0.15) is 0 Å². The Labute approximate surface area is 149 Å². The van der Waals surface area contributed by atoms with E-state index in [-0.39, 0.29) is 0 Å². The number of rotatable bonds is 11. The van der Waals surface area contributed by atoms with Gasteiger partial charge in [-0.15, -0.1) is 0 Å². The maximum absolute atomic E-state index is 13.8. The molecule has 1 aromatic rings. The SMILES string of the molecule is CCCC[O][Zr]([O]CCCC)[O]Cc1c(F)c(F)c(C)c(F)c1F. The summed E-state index contributed by atoms with van der Waals surface area (Å²) in [6.45, 7) is 5.21. The molecule has 24 heavy (non-hydrogen) atoms. The van der Waals surface area contributed by atoms with Crippen molar-refractivity contribution in [3.63, 3.8) is 0 Å². The Morgan fingerprint density at radius 3 is 1.62 bits per heavy atom. The number of unbranched alkanes of at least 4 members (excludes halogenated alkanes) is 2. The van der Waals surface area contributed by atoms with E-state index in [0.29, 0.717) is 13.2 Å². The quantitative estimate of drug-likeness (QED) is 0.279. The molecule has 0 saturated carbocycles. The van der Waals surface area contributed by atoms with Crippen molar-refractivity contribution < 1.29 is 49.1 Å². The Morgan fingerprint density at radius 2 is 1.21 bits per heavy atom. The third-order valence-electron chi connectivity index (χ3n) is 3.34. The Balaban J connectivity index is 2.77. The van der Waals surface area contributed by atoms with Crippen LogP contribution in [-0.4, -0.2) is 13.2 Å². The predicted molar refractivity (Wildman–Crippen MR) is 77.5 cm³/mol. The summed E-state index contributed by atoms with van der Waals surface area (Å²) in [6.07, 6.45) is 3.45. The van der Waals surface area contributed by atoms with Gasteiger partial charge in [0.05, 0.1) is 0 Å². The summed E-state index contributed by atoms with van der Waals surface area (Å²) in [6, 6.07) is 0. The van der Waals surface area contributed by atoms with Gasteiger partial charge < -0.3 is 0 Å². The van der Waals surface area contributed by atoms with Gasteiger partial charge in [-0.2, -0.15) is 0 Å². The third kappa shape index (κ3) is 6.21. The molecule has 3 nitrogen and oxygen atoms in total. The van der Waals surface area contributed by atoms with Crippen molar-refractivity contribution in [3.8, 4) is 0 Å². The molecule has 137 valence electrons. The van der Waals surface area contributed by atoms with Crippen LogP contribution in [0.1, 0.15) is 50.7 Å². The van der Waals surface area contributed by atoms with Crippen LogP contribution in [0.15, 0.2) is 0 Å². The molecule has 1 rings (SSSR count). The zero-order chi connectivity index (χ0) is 18.1. The van der Waals surface area contributed by atoms with Gasteiger partial charge in [-0.1, -0.05) is 0 Å². The minimum absolute atomic E-state index is 0.430.